The lowest BCUT2D eigenvalue weighted by Gasteiger charge is -2.39. The quantitative estimate of drug-likeness (QED) is 0.687. The van der Waals surface area contributed by atoms with Gasteiger partial charge in [-0.15, -0.1) is 0 Å². The second-order valence-corrected chi connectivity index (χ2v) is 8.10. The van der Waals surface area contributed by atoms with E-state index in [0.29, 0.717) is 11.3 Å². The van der Waals surface area contributed by atoms with Crippen molar-refractivity contribution in [2.75, 3.05) is 0 Å². The van der Waals surface area contributed by atoms with E-state index in [2.05, 4.69) is 5.10 Å². The first kappa shape index (κ1) is 18.0. The Labute approximate surface area is 167 Å². The molecule has 5 rings (SSSR count). The summed E-state index contributed by atoms with van der Waals surface area (Å²) in [5, 5.41) is 5.56. The van der Waals surface area contributed by atoms with Crippen molar-refractivity contribution in [3.63, 3.8) is 0 Å². The number of nitrogens with zero attached hydrogens (tertiary/aromatic N) is 3. The maximum absolute atomic E-state index is 13.2. The molecule has 3 aromatic rings. The van der Waals surface area contributed by atoms with E-state index in [0.717, 1.165) is 36.6 Å². The number of aromatic nitrogens is 2. The summed E-state index contributed by atoms with van der Waals surface area (Å²) >= 11 is 0. The lowest BCUT2D eigenvalue weighted by Crippen LogP contribution is -2.48. The number of piperidine rings is 1. The molecule has 0 N–H and O–H groups in total. The van der Waals surface area contributed by atoms with Crippen LogP contribution in [0.5, 0.6) is 0 Å². The molecule has 0 unspecified atom stereocenters. The van der Waals surface area contributed by atoms with E-state index < -0.39 is 0 Å². The molecule has 2 aliphatic heterocycles. The van der Waals surface area contributed by atoms with Crippen LogP contribution in [0.1, 0.15) is 37.2 Å². The highest BCUT2D eigenvalue weighted by Crippen LogP contribution is 2.43. The van der Waals surface area contributed by atoms with Gasteiger partial charge in [0.05, 0.1) is 11.6 Å². The van der Waals surface area contributed by atoms with Crippen molar-refractivity contribution in [2.24, 2.45) is 0 Å². The van der Waals surface area contributed by atoms with Crippen molar-refractivity contribution in [1.82, 2.24) is 14.7 Å². The van der Waals surface area contributed by atoms with Gasteiger partial charge >= 0.3 is 0 Å². The molecule has 1 amide bonds. The highest BCUT2D eigenvalue weighted by Gasteiger charge is 2.43. The SMILES string of the molecule is O=C(Cn1ncc2ccccc2c1=O)N1[C@H]2CC[C@H]1CC(c1ccc(F)cc1)C2. The fourth-order valence-electron chi connectivity index (χ4n) is 5.04. The summed E-state index contributed by atoms with van der Waals surface area (Å²) in [4.78, 5) is 27.7. The Morgan fingerprint density at radius 2 is 1.72 bits per heavy atom. The van der Waals surface area contributed by atoms with E-state index in [1.807, 2.05) is 35.2 Å². The first-order chi connectivity index (χ1) is 14.1. The Kier molecular flexibility index (Phi) is 4.42. The molecular formula is C23H22FN3O2. The normalized spacial score (nSPS) is 23.5. The zero-order valence-corrected chi connectivity index (χ0v) is 16.0. The van der Waals surface area contributed by atoms with Crippen LogP contribution in [0.4, 0.5) is 4.39 Å². The van der Waals surface area contributed by atoms with Gasteiger partial charge in [0.25, 0.3) is 5.56 Å². The first-order valence-electron chi connectivity index (χ1n) is 10.1. The van der Waals surface area contributed by atoms with Gasteiger partial charge in [0, 0.05) is 17.5 Å². The van der Waals surface area contributed by atoms with Crippen molar-refractivity contribution >= 4 is 16.7 Å². The maximum Gasteiger partial charge on any atom is 0.275 e. The van der Waals surface area contributed by atoms with E-state index in [1.165, 1.54) is 16.8 Å². The van der Waals surface area contributed by atoms with Crippen LogP contribution < -0.4 is 5.56 Å². The molecule has 3 heterocycles. The van der Waals surface area contributed by atoms with Crippen LogP contribution in [0.3, 0.4) is 0 Å². The van der Waals surface area contributed by atoms with Crippen LogP contribution in [0, 0.1) is 5.82 Å². The van der Waals surface area contributed by atoms with Crippen LogP contribution in [-0.4, -0.2) is 32.7 Å². The average Bonchev–Trinajstić information content (AvgIpc) is 3.00. The Balaban J connectivity index is 1.35. The minimum Gasteiger partial charge on any atom is -0.335 e. The van der Waals surface area contributed by atoms with Gasteiger partial charge in [0.15, 0.2) is 0 Å². The van der Waals surface area contributed by atoms with Crippen LogP contribution in [0.2, 0.25) is 0 Å². The largest absolute Gasteiger partial charge is 0.335 e. The summed E-state index contributed by atoms with van der Waals surface area (Å²) in [5.74, 6) is 0.0799. The molecule has 1 aromatic heterocycles. The smallest absolute Gasteiger partial charge is 0.275 e. The predicted octanol–water partition coefficient (Wildman–Crippen LogP) is 3.47. The minimum atomic E-state index is -0.231. The van der Waals surface area contributed by atoms with Gasteiger partial charge in [-0.3, -0.25) is 9.59 Å². The van der Waals surface area contributed by atoms with Gasteiger partial charge in [-0.1, -0.05) is 30.3 Å². The van der Waals surface area contributed by atoms with E-state index in [1.54, 1.807) is 12.3 Å². The topological polar surface area (TPSA) is 55.2 Å². The van der Waals surface area contributed by atoms with E-state index in [9.17, 15) is 14.0 Å². The summed E-state index contributed by atoms with van der Waals surface area (Å²) in [6.07, 6.45) is 5.36. The molecule has 5 nitrogen and oxygen atoms in total. The molecule has 2 saturated heterocycles. The van der Waals surface area contributed by atoms with Crippen molar-refractivity contribution in [3.05, 3.63) is 76.5 Å². The maximum atomic E-state index is 13.2. The third kappa shape index (κ3) is 3.22. The third-order valence-corrected chi connectivity index (χ3v) is 6.41. The van der Waals surface area contributed by atoms with Gasteiger partial charge in [-0.2, -0.15) is 5.10 Å². The van der Waals surface area contributed by atoms with Crippen LogP contribution in [-0.2, 0) is 11.3 Å². The standard InChI is InChI=1S/C23H22FN3O2/c24-18-7-5-15(6-8-18)17-11-19-9-10-20(12-17)27(19)22(28)14-26-23(29)21-4-2-1-3-16(21)13-25-26/h1-8,13,17,19-20H,9-12,14H2/t19-,20-/m0/s1. The number of amides is 1. The summed E-state index contributed by atoms with van der Waals surface area (Å²) in [7, 11) is 0. The number of carbonyl (C=O) groups is 1. The third-order valence-electron chi connectivity index (χ3n) is 6.41. The number of benzene rings is 2. The fraction of sp³-hybridized carbons (Fsp3) is 0.348. The summed E-state index contributed by atoms with van der Waals surface area (Å²) in [6, 6.07) is 14.4. The van der Waals surface area contributed by atoms with Crippen LogP contribution in [0.15, 0.2) is 59.5 Å². The van der Waals surface area contributed by atoms with Crippen molar-refractivity contribution in [2.45, 2.75) is 50.2 Å². The van der Waals surface area contributed by atoms with Gasteiger partial charge < -0.3 is 4.90 Å². The molecule has 2 aromatic carbocycles. The Morgan fingerprint density at radius 3 is 2.45 bits per heavy atom. The highest BCUT2D eigenvalue weighted by molar-refractivity contribution is 5.81. The van der Waals surface area contributed by atoms with Gasteiger partial charge in [-0.25, -0.2) is 9.07 Å². The zero-order valence-electron chi connectivity index (χ0n) is 16.0. The second-order valence-electron chi connectivity index (χ2n) is 8.10. The second kappa shape index (κ2) is 7.10. The molecule has 0 spiro atoms. The monoisotopic (exact) mass is 391 g/mol. The predicted molar refractivity (Wildman–Crippen MR) is 108 cm³/mol. The minimum absolute atomic E-state index is 0.0299. The first-order valence-corrected chi connectivity index (χ1v) is 10.1. The fourth-order valence-corrected chi connectivity index (χ4v) is 5.04. The van der Waals surface area contributed by atoms with Crippen LogP contribution in [0.25, 0.3) is 10.8 Å². The summed E-state index contributed by atoms with van der Waals surface area (Å²) in [6.45, 7) is -0.0299. The molecule has 29 heavy (non-hydrogen) atoms. The highest BCUT2D eigenvalue weighted by atomic mass is 19.1. The lowest BCUT2D eigenvalue weighted by molar-refractivity contribution is -0.136. The van der Waals surface area contributed by atoms with E-state index in [-0.39, 0.29) is 35.9 Å². The molecular weight excluding hydrogens is 369 g/mol. The lowest BCUT2D eigenvalue weighted by atomic mass is 9.85. The number of halogens is 1. The molecule has 2 atom stereocenters. The molecule has 6 heteroatoms. The van der Waals surface area contributed by atoms with Gasteiger partial charge in [0.1, 0.15) is 12.4 Å². The summed E-state index contributed by atoms with van der Waals surface area (Å²) in [5.41, 5.74) is 0.910. The Morgan fingerprint density at radius 1 is 1.03 bits per heavy atom. The number of rotatable bonds is 3. The number of carbonyl (C=O) groups excluding carboxylic acids is 1. The van der Waals surface area contributed by atoms with E-state index >= 15 is 0 Å². The molecule has 0 saturated carbocycles. The van der Waals surface area contributed by atoms with Gasteiger partial charge in [-0.05, 0) is 55.4 Å². The van der Waals surface area contributed by atoms with Crippen molar-refractivity contribution < 1.29 is 9.18 Å². The molecule has 2 aliphatic rings. The number of hydrogen-bond acceptors (Lipinski definition) is 3. The van der Waals surface area contributed by atoms with Gasteiger partial charge in [0.2, 0.25) is 5.91 Å². The molecule has 0 aliphatic carbocycles. The van der Waals surface area contributed by atoms with Crippen molar-refractivity contribution in [3.8, 4) is 0 Å². The molecule has 2 fully saturated rings. The number of fused-ring (bicyclic) bond motifs is 3. The molecule has 0 radical (unpaired) electrons. The molecule has 2 bridgehead atoms. The zero-order chi connectivity index (χ0) is 20.0. The van der Waals surface area contributed by atoms with E-state index in [4.69, 9.17) is 0 Å². The average molecular weight is 391 g/mol. The Bertz CT molecular complexity index is 1110. The molecule has 148 valence electrons. The Hall–Kier alpha value is -3.02. The summed E-state index contributed by atoms with van der Waals surface area (Å²) < 4.78 is 14.5. The van der Waals surface area contributed by atoms with Crippen LogP contribution >= 0.6 is 0 Å². The number of hydrogen-bond donors (Lipinski definition) is 0. The van der Waals surface area contributed by atoms with Crippen molar-refractivity contribution in [1.29, 1.82) is 0 Å².